The summed E-state index contributed by atoms with van der Waals surface area (Å²) >= 11 is 0. The minimum absolute atomic E-state index is 0.151. The summed E-state index contributed by atoms with van der Waals surface area (Å²) in [5.41, 5.74) is 4.72. The second kappa shape index (κ2) is 6.23. The number of furan rings is 1. The zero-order valence-electron chi connectivity index (χ0n) is 10.3. The van der Waals surface area contributed by atoms with Crippen molar-refractivity contribution in [3.63, 3.8) is 0 Å². The number of carbonyl (C=O) groups excluding carboxylic acids is 2. The predicted molar refractivity (Wildman–Crippen MR) is 65.5 cm³/mol. The molecule has 18 heavy (non-hydrogen) atoms. The van der Waals surface area contributed by atoms with Gasteiger partial charge in [0, 0.05) is 6.42 Å². The Kier molecular flexibility index (Phi) is 4.39. The molecule has 0 radical (unpaired) electrons. The van der Waals surface area contributed by atoms with Gasteiger partial charge in [0.1, 0.15) is 0 Å². The number of hydrogen-bond donors (Lipinski definition) is 2. The fraction of sp³-hybridized carbons (Fsp3) is 0.538. The van der Waals surface area contributed by atoms with Gasteiger partial charge in [-0.15, -0.1) is 0 Å². The molecule has 5 heteroatoms. The summed E-state index contributed by atoms with van der Waals surface area (Å²) < 4.78 is 4.91. The minimum Gasteiger partial charge on any atom is -0.459 e. The lowest BCUT2D eigenvalue weighted by Gasteiger charge is -2.09. The van der Waals surface area contributed by atoms with Crippen molar-refractivity contribution in [1.29, 1.82) is 0 Å². The summed E-state index contributed by atoms with van der Waals surface area (Å²) in [7, 11) is 0. The normalized spacial score (nSPS) is 15.6. The maximum Gasteiger partial charge on any atom is 0.305 e. The van der Waals surface area contributed by atoms with E-state index >= 15 is 0 Å². The van der Waals surface area contributed by atoms with Crippen LogP contribution in [0.15, 0.2) is 22.8 Å². The van der Waals surface area contributed by atoms with Crippen LogP contribution in [0, 0.1) is 5.92 Å². The quantitative estimate of drug-likeness (QED) is 0.803. The van der Waals surface area contributed by atoms with E-state index in [2.05, 4.69) is 10.9 Å². The van der Waals surface area contributed by atoms with Crippen molar-refractivity contribution < 1.29 is 14.0 Å². The van der Waals surface area contributed by atoms with Gasteiger partial charge in [-0.25, -0.2) is 0 Å². The molecule has 0 bridgehead atoms. The molecule has 2 rings (SSSR count). The van der Waals surface area contributed by atoms with Gasteiger partial charge in [-0.05, 0) is 24.5 Å². The molecule has 1 aromatic rings. The Morgan fingerprint density at radius 2 is 2.06 bits per heavy atom. The fourth-order valence-corrected chi connectivity index (χ4v) is 2.29. The molecule has 2 N–H and O–H groups in total. The SMILES string of the molecule is O=C(CCC1CCCC1)NNC(=O)c1ccco1. The van der Waals surface area contributed by atoms with E-state index < -0.39 is 5.91 Å². The Bertz CT molecular complexity index is 394. The third-order valence-corrected chi connectivity index (χ3v) is 3.31. The van der Waals surface area contributed by atoms with Gasteiger partial charge in [-0.2, -0.15) is 0 Å². The van der Waals surface area contributed by atoms with Crippen LogP contribution in [0.5, 0.6) is 0 Å². The van der Waals surface area contributed by atoms with E-state index in [9.17, 15) is 9.59 Å². The first-order valence-electron chi connectivity index (χ1n) is 6.38. The average molecular weight is 250 g/mol. The van der Waals surface area contributed by atoms with Gasteiger partial charge in [0.25, 0.3) is 0 Å². The van der Waals surface area contributed by atoms with Gasteiger partial charge in [0.05, 0.1) is 6.26 Å². The monoisotopic (exact) mass is 250 g/mol. The summed E-state index contributed by atoms with van der Waals surface area (Å²) in [4.78, 5) is 23.0. The van der Waals surface area contributed by atoms with Crippen LogP contribution in [0.4, 0.5) is 0 Å². The zero-order chi connectivity index (χ0) is 12.8. The van der Waals surface area contributed by atoms with E-state index in [-0.39, 0.29) is 11.7 Å². The third-order valence-electron chi connectivity index (χ3n) is 3.31. The van der Waals surface area contributed by atoms with E-state index in [4.69, 9.17) is 4.42 Å². The Hall–Kier alpha value is -1.78. The summed E-state index contributed by atoms with van der Waals surface area (Å²) in [5, 5.41) is 0. The van der Waals surface area contributed by atoms with Gasteiger partial charge in [-0.1, -0.05) is 25.7 Å². The van der Waals surface area contributed by atoms with Gasteiger partial charge in [0.2, 0.25) is 5.91 Å². The summed E-state index contributed by atoms with van der Waals surface area (Å²) in [6.07, 6.45) is 7.80. The molecule has 1 aromatic heterocycles. The summed E-state index contributed by atoms with van der Waals surface area (Å²) in [5.74, 6) is 0.277. The lowest BCUT2D eigenvalue weighted by Crippen LogP contribution is -2.41. The van der Waals surface area contributed by atoms with E-state index in [0.717, 1.165) is 6.42 Å². The number of amides is 2. The van der Waals surface area contributed by atoms with Gasteiger partial charge >= 0.3 is 5.91 Å². The van der Waals surface area contributed by atoms with E-state index in [0.29, 0.717) is 12.3 Å². The minimum atomic E-state index is -0.436. The number of hydrogen-bond acceptors (Lipinski definition) is 3. The molecular weight excluding hydrogens is 232 g/mol. The molecule has 0 spiro atoms. The molecule has 0 atom stereocenters. The van der Waals surface area contributed by atoms with Gasteiger partial charge < -0.3 is 4.42 Å². The van der Waals surface area contributed by atoms with Crippen LogP contribution in [0.3, 0.4) is 0 Å². The molecule has 1 aliphatic rings. The second-order valence-electron chi connectivity index (χ2n) is 4.67. The van der Waals surface area contributed by atoms with Crippen molar-refractivity contribution in [3.05, 3.63) is 24.2 Å². The fourth-order valence-electron chi connectivity index (χ4n) is 2.29. The summed E-state index contributed by atoms with van der Waals surface area (Å²) in [6.45, 7) is 0. The zero-order valence-corrected chi connectivity index (χ0v) is 10.3. The van der Waals surface area contributed by atoms with Crippen molar-refractivity contribution in [3.8, 4) is 0 Å². The van der Waals surface area contributed by atoms with Crippen molar-refractivity contribution in [2.45, 2.75) is 38.5 Å². The van der Waals surface area contributed by atoms with Gasteiger partial charge in [0.15, 0.2) is 5.76 Å². The summed E-state index contributed by atoms with van der Waals surface area (Å²) in [6, 6.07) is 3.16. The highest BCUT2D eigenvalue weighted by atomic mass is 16.3. The molecule has 0 saturated heterocycles. The molecule has 1 aliphatic carbocycles. The molecule has 2 amide bonds. The number of hydrazine groups is 1. The Morgan fingerprint density at radius 1 is 1.28 bits per heavy atom. The van der Waals surface area contributed by atoms with Crippen LogP contribution < -0.4 is 10.9 Å². The Labute approximate surface area is 106 Å². The molecule has 0 aromatic carbocycles. The lowest BCUT2D eigenvalue weighted by molar-refractivity contribution is -0.122. The standard InChI is InChI=1S/C13H18N2O3/c16-12(8-7-10-4-1-2-5-10)14-15-13(17)11-6-3-9-18-11/h3,6,9-10H,1-2,4-5,7-8H2,(H,14,16)(H,15,17). The maximum absolute atomic E-state index is 11.5. The molecule has 0 unspecified atom stereocenters. The van der Waals surface area contributed by atoms with Crippen molar-refractivity contribution >= 4 is 11.8 Å². The first kappa shape index (κ1) is 12.7. The Morgan fingerprint density at radius 3 is 2.72 bits per heavy atom. The van der Waals surface area contributed by atoms with Crippen LogP contribution in [0.25, 0.3) is 0 Å². The molecular formula is C13H18N2O3. The molecule has 0 aliphatic heterocycles. The van der Waals surface area contributed by atoms with Crippen LogP contribution in [-0.2, 0) is 4.79 Å². The third kappa shape index (κ3) is 3.61. The van der Waals surface area contributed by atoms with Crippen LogP contribution in [0.2, 0.25) is 0 Å². The first-order chi connectivity index (χ1) is 8.75. The Balaban J connectivity index is 1.63. The molecule has 5 nitrogen and oxygen atoms in total. The molecule has 1 fully saturated rings. The first-order valence-corrected chi connectivity index (χ1v) is 6.38. The largest absolute Gasteiger partial charge is 0.459 e. The highest BCUT2D eigenvalue weighted by Gasteiger charge is 2.16. The van der Waals surface area contributed by atoms with Crippen molar-refractivity contribution in [2.24, 2.45) is 5.92 Å². The predicted octanol–water partition coefficient (Wildman–Crippen LogP) is 2.01. The van der Waals surface area contributed by atoms with Crippen LogP contribution in [-0.4, -0.2) is 11.8 Å². The maximum atomic E-state index is 11.5. The average Bonchev–Trinajstić information content (AvgIpc) is 3.05. The molecule has 98 valence electrons. The van der Waals surface area contributed by atoms with Crippen molar-refractivity contribution in [2.75, 3.05) is 0 Å². The van der Waals surface area contributed by atoms with Crippen molar-refractivity contribution in [1.82, 2.24) is 10.9 Å². The number of nitrogens with one attached hydrogen (secondary N) is 2. The molecule has 1 heterocycles. The van der Waals surface area contributed by atoms with Gasteiger partial charge in [-0.3, -0.25) is 20.4 Å². The van der Waals surface area contributed by atoms with E-state index in [1.54, 1.807) is 12.1 Å². The highest BCUT2D eigenvalue weighted by Crippen LogP contribution is 2.28. The number of carbonyl (C=O) groups is 2. The van der Waals surface area contributed by atoms with Crippen LogP contribution in [0.1, 0.15) is 49.1 Å². The lowest BCUT2D eigenvalue weighted by atomic mass is 10.0. The molecule has 1 saturated carbocycles. The van der Waals surface area contributed by atoms with Crippen LogP contribution >= 0.6 is 0 Å². The van der Waals surface area contributed by atoms with E-state index in [1.807, 2.05) is 0 Å². The van der Waals surface area contributed by atoms with E-state index in [1.165, 1.54) is 31.9 Å². The topological polar surface area (TPSA) is 71.3 Å². The smallest absolute Gasteiger partial charge is 0.305 e. The second-order valence-corrected chi connectivity index (χ2v) is 4.67. The highest BCUT2D eigenvalue weighted by molar-refractivity contribution is 5.92. The number of rotatable bonds is 4.